The predicted molar refractivity (Wildman–Crippen MR) is 83.5 cm³/mol. The quantitative estimate of drug-likeness (QED) is 0.889. The van der Waals surface area contributed by atoms with Crippen LogP contribution in [0.5, 0.6) is 0 Å². The molecule has 7 heteroatoms. The summed E-state index contributed by atoms with van der Waals surface area (Å²) in [5, 5.41) is 5.83. The molecule has 0 radical (unpaired) electrons. The van der Waals surface area contributed by atoms with Gasteiger partial charge in [-0.2, -0.15) is 0 Å². The van der Waals surface area contributed by atoms with E-state index in [1.165, 1.54) is 4.88 Å². The second kappa shape index (κ2) is 6.81. The van der Waals surface area contributed by atoms with Crippen molar-refractivity contribution < 1.29 is 4.79 Å². The lowest BCUT2D eigenvalue weighted by Gasteiger charge is -2.06. The molecule has 0 aliphatic rings. The molecular weight excluding hydrogens is 292 g/mol. The molecule has 0 unspecified atom stereocenters. The smallest absolute Gasteiger partial charge is 0.220 e. The van der Waals surface area contributed by atoms with Crippen molar-refractivity contribution in [2.24, 2.45) is 0 Å². The minimum Gasteiger partial charge on any atom is -0.354 e. The van der Waals surface area contributed by atoms with Crippen LogP contribution in [0, 0.1) is 6.92 Å². The molecule has 108 valence electrons. The summed E-state index contributed by atoms with van der Waals surface area (Å²) in [5.41, 5.74) is 3.75. The van der Waals surface area contributed by atoms with Crippen molar-refractivity contribution in [2.75, 3.05) is 19.0 Å². The number of nitrogens with one attached hydrogen (secondary N) is 1. The van der Waals surface area contributed by atoms with E-state index < -0.39 is 0 Å². The molecular formula is C13H18N4OS2. The number of amides is 1. The third-order valence-electron chi connectivity index (χ3n) is 2.81. The highest BCUT2D eigenvalue weighted by atomic mass is 32.1. The molecule has 0 aliphatic heterocycles. The minimum absolute atomic E-state index is 0.0530. The summed E-state index contributed by atoms with van der Waals surface area (Å²) < 4.78 is 0. The normalized spacial score (nSPS) is 10.6. The summed E-state index contributed by atoms with van der Waals surface area (Å²) in [6.45, 7) is 2.46. The highest BCUT2D eigenvalue weighted by Gasteiger charge is 2.08. The summed E-state index contributed by atoms with van der Waals surface area (Å²) >= 11 is 3.18. The van der Waals surface area contributed by atoms with Gasteiger partial charge in [-0.3, -0.25) is 4.79 Å². The summed E-state index contributed by atoms with van der Waals surface area (Å²) in [5.74, 6) is 0.0530. The van der Waals surface area contributed by atoms with Gasteiger partial charge in [-0.1, -0.05) is 0 Å². The highest BCUT2D eigenvalue weighted by molar-refractivity contribution is 7.13. The van der Waals surface area contributed by atoms with Gasteiger partial charge in [0, 0.05) is 30.8 Å². The van der Waals surface area contributed by atoms with E-state index in [1.54, 1.807) is 22.7 Å². The van der Waals surface area contributed by atoms with Gasteiger partial charge >= 0.3 is 0 Å². The molecule has 0 bridgehead atoms. The van der Waals surface area contributed by atoms with E-state index in [9.17, 15) is 4.79 Å². The molecule has 2 aromatic rings. The van der Waals surface area contributed by atoms with Crippen LogP contribution in [-0.4, -0.2) is 30.0 Å². The van der Waals surface area contributed by atoms with Gasteiger partial charge in [0.25, 0.3) is 0 Å². The molecule has 2 rings (SSSR count). The summed E-state index contributed by atoms with van der Waals surface area (Å²) in [7, 11) is 3.91. The Bertz CT molecular complexity index is 576. The van der Waals surface area contributed by atoms with Crippen LogP contribution >= 0.6 is 22.7 Å². The molecule has 0 spiro atoms. The lowest BCUT2D eigenvalue weighted by Crippen LogP contribution is -2.23. The summed E-state index contributed by atoms with van der Waals surface area (Å²) in [6.07, 6.45) is 1.25. The van der Waals surface area contributed by atoms with Crippen molar-refractivity contribution in [1.82, 2.24) is 15.3 Å². The van der Waals surface area contributed by atoms with Gasteiger partial charge in [0.05, 0.1) is 23.4 Å². The zero-order valence-corrected chi connectivity index (χ0v) is 13.5. The average Bonchev–Trinajstić information content (AvgIpc) is 3.03. The lowest BCUT2D eigenvalue weighted by molar-refractivity contribution is -0.121. The van der Waals surface area contributed by atoms with Gasteiger partial charge in [0.15, 0.2) is 5.13 Å². The Hall–Kier alpha value is -1.47. The first-order valence-electron chi connectivity index (χ1n) is 6.33. The fourth-order valence-corrected chi connectivity index (χ4v) is 3.19. The predicted octanol–water partition coefficient (Wildman–Crippen LogP) is 2.22. The first kappa shape index (κ1) is 14.9. The van der Waals surface area contributed by atoms with Crippen LogP contribution in [-0.2, 0) is 17.8 Å². The molecule has 0 saturated carbocycles. The molecule has 0 saturated heterocycles. The fraction of sp³-hybridized carbons (Fsp3) is 0.462. The van der Waals surface area contributed by atoms with Gasteiger partial charge < -0.3 is 10.2 Å². The zero-order chi connectivity index (χ0) is 14.5. The van der Waals surface area contributed by atoms with Crippen LogP contribution in [0.3, 0.4) is 0 Å². The molecule has 1 amide bonds. The number of nitrogens with zero attached hydrogens (tertiary/aromatic N) is 3. The number of hydrogen-bond acceptors (Lipinski definition) is 6. The summed E-state index contributed by atoms with van der Waals surface area (Å²) in [4.78, 5) is 23.6. The topological polar surface area (TPSA) is 58.1 Å². The largest absolute Gasteiger partial charge is 0.354 e. The Morgan fingerprint density at radius 3 is 2.80 bits per heavy atom. The second-order valence-corrected chi connectivity index (χ2v) is 6.43. The maximum atomic E-state index is 11.8. The first-order valence-corrected chi connectivity index (χ1v) is 8.09. The highest BCUT2D eigenvalue weighted by Crippen LogP contribution is 2.18. The second-order valence-electron chi connectivity index (χ2n) is 4.65. The Kier molecular flexibility index (Phi) is 5.08. The number of thiazole rings is 2. The number of carbonyl (C=O) groups is 1. The van der Waals surface area contributed by atoms with Gasteiger partial charge in [-0.15, -0.1) is 22.7 Å². The van der Waals surface area contributed by atoms with Crippen LogP contribution < -0.4 is 10.2 Å². The van der Waals surface area contributed by atoms with E-state index in [0.29, 0.717) is 13.0 Å². The van der Waals surface area contributed by atoms with E-state index in [-0.39, 0.29) is 5.91 Å². The van der Waals surface area contributed by atoms with Gasteiger partial charge in [-0.25, -0.2) is 9.97 Å². The third kappa shape index (κ3) is 4.01. The van der Waals surface area contributed by atoms with E-state index in [0.717, 1.165) is 22.9 Å². The van der Waals surface area contributed by atoms with Gasteiger partial charge in [-0.05, 0) is 13.3 Å². The van der Waals surface area contributed by atoms with Crippen LogP contribution in [0.4, 0.5) is 5.13 Å². The maximum Gasteiger partial charge on any atom is 0.220 e. The average molecular weight is 310 g/mol. The number of hydrogen-bond donors (Lipinski definition) is 1. The fourth-order valence-electron chi connectivity index (χ4n) is 1.65. The van der Waals surface area contributed by atoms with E-state index >= 15 is 0 Å². The minimum atomic E-state index is 0.0530. The Labute approximate surface area is 126 Å². The van der Waals surface area contributed by atoms with Crippen molar-refractivity contribution in [3.8, 4) is 0 Å². The van der Waals surface area contributed by atoms with Crippen molar-refractivity contribution in [3.05, 3.63) is 27.2 Å². The van der Waals surface area contributed by atoms with Crippen LogP contribution in [0.25, 0.3) is 0 Å². The van der Waals surface area contributed by atoms with Crippen LogP contribution in [0.15, 0.2) is 10.9 Å². The van der Waals surface area contributed by atoms with Crippen molar-refractivity contribution in [3.63, 3.8) is 0 Å². The monoisotopic (exact) mass is 310 g/mol. The van der Waals surface area contributed by atoms with Crippen molar-refractivity contribution in [1.29, 1.82) is 0 Å². The van der Waals surface area contributed by atoms with E-state index in [4.69, 9.17) is 0 Å². The van der Waals surface area contributed by atoms with E-state index in [2.05, 4.69) is 15.3 Å². The zero-order valence-electron chi connectivity index (χ0n) is 11.8. The number of anilines is 1. The molecule has 0 fully saturated rings. The maximum absolute atomic E-state index is 11.8. The van der Waals surface area contributed by atoms with Gasteiger partial charge in [0.1, 0.15) is 0 Å². The van der Waals surface area contributed by atoms with Crippen LogP contribution in [0.1, 0.15) is 22.7 Å². The standard InChI is InChI=1S/C13H18N4OS2/c1-9-11(20-8-15-9)4-5-12(18)14-6-10-7-19-13(16-10)17(2)3/h7-8H,4-6H2,1-3H3,(H,14,18). The number of rotatable bonds is 6. The van der Waals surface area contributed by atoms with Crippen molar-refractivity contribution >= 4 is 33.7 Å². The Balaban J connectivity index is 1.76. The van der Waals surface area contributed by atoms with Crippen LogP contribution in [0.2, 0.25) is 0 Å². The molecule has 1 N–H and O–H groups in total. The molecule has 20 heavy (non-hydrogen) atoms. The molecule has 5 nitrogen and oxygen atoms in total. The SMILES string of the molecule is Cc1ncsc1CCC(=O)NCc1csc(N(C)C)n1. The number of aryl methyl sites for hydroxylation is 2. The van der Waals surface area contributed by atoms with E-state index in [1.807, 2.05) is 36.8 Å². The van der Waals surface area contributed by atoms with Gasteiger partial charge in [0.2, 0.25) is 5.91 Å². The number of carbonyl (C=O) groups excluding carboxylic acids is 1. The Morgan fingerprint density at radius 2 is 2.20 bits per heavy atom. The molecule has 0 atom stereocenters. The first-order chi connectivity index (χ1) is 9.56. The third-order valence-corrected chi connectivity index (χ3v) is 4.86. The molecule has 2 heterocycles. The Morgan fingerprint density at radius 1 is 1.40 bits per heavy atom. The lowest BCUT2D eigenvalue weighted by atomic mass is 10.2. The molecule has 0 aliphatic carbocycles. The number of aromatic nitrogens is 2. The molecule has 0 aromatic carbocycles. The van der Waals surface area contributed by atoms with Crippen molar-refractivity contribution in [2.45, 2.75) is 26.3 Å². The molecule has 2 aromatic heterocycles. The summed E-state index contributed by atoms with van der Waals surface area (Å²) in [6, 6.07) is 0.